The molecule has 0 spiro atoms. The zero-order chi connectivity index (χ0) is 12.3. The summed E-state index contributed by atoms with van der Waals surface area (Å²) in [7, 11) is 1.59. The summed E-state index contributed by atoms with van der Waals surface area (Å²) < 4.78 is 38.0. The molecule has 1 aromatic rings. The van der Waals surface area contributed by atoms with Crippen molar-refractivity contribution in [3.05, 3.63) is 10.3 Å². The Morgan fingerprint density at radius 1 is 1.56 bits per heavy atom. The van der Waals surface area contributed by atoms with Gasteiger partial charge in [0.2, 0.25) is 0 Å². The second-order valence-electron chi connectivity index (χ2n) is 3.26. The Balaban J connectivity index is 2.75. The van der Waals surface area contributed by atoms with Gasteiger partial charge in [0.15, 0.2) is 4.60 Å². The Morgan fingerprint density at radius 3 is 2.56 bits per heavy atom. The molecule has 3 N–H and O–H groups in total. The maximum Gasteiger partial charge on any atom is 0.389 e. The predicted octanol–water partition coefficient (Wildman–Crippen LogP) is 1.42. The van der Waals surface area contributed by atoms with E-state index in [0.717, 1.165) is 0 Å². The molecule has 0 aromatic carbocycles. The van der Waals surface area contributed by atoms with Gasteiger partial charge in [0.1, 0.15) is 0 Å². The number of nitrogens with zero attached hydrogens (tertiary/aromatic N) is 3. The minimum absolute atomic E-state index is 0.167. The molecule has 1 aromatic heterocycles. The van der Waals surface area contributed by atoms with Crippen molar-refractivity contribution in [3.63, 3.8) is 0 Å². The molecule has 0 bridgehead atoms. The van der Waals surface area contributed by atoms with Crippen molar-refractivity contribution in [1.82, 2.24) is 20.4 Å². The number of aromatic nitrogens is 3. The van der Waals surface area contributed by atoms with Gasteiger partial charge >= 0.3 is 6.18 Å². The third-order valence-electron chi connectivity index (χ3n) is 2.07. The van der Waals surface area contributed by atoms with Gasteiger partial charge in [-0.2, -0.15) is 13.2 Å². The van der Waals surface area contributed by atoms with Crippen LogP contribution in [-0.4, -0.2) is 21.2 Å². The quantitative estimate of drug-likeness (QED) is 0.652. The van der Waals surface area contributed by atoms with Crippen LogP contribution in [0.2, 0.25) is 0 Å². The summed E-state index contributed by atoms with van der Waals surface area (Å²) in [5.74, 6) is 5.22. The fourth-order valence-corrected chi connectivity index (χ4v) is 1.92. The molecule has 0 aliphatic rings. The fraction of sp³-hybridized carbons (Fsp3) is 0.714. The highest BCUT2D eigenvalue weighted by Gasteiger charge is 2.30. The highest BCUT2D eigenvalue weighted by Crippen LogP contribution is 2.29. The molecule has 9 heteroatoms. The summed E-state index contributed by atoms with van der Waals surface area (Å²) in [5.41, 5.74) is 2.82. The molecule has 1 atom stereocenters. The number of halogens is 4. The summed E-state index contributed by atoms with van der Waals surface area (Å²) >= 11 is 3.11. The molecule has 16 heavy (non-hydrogen) atoms. The number of nitrogens with one attached hydrogen (secondary N) is 1. The van der Waals surface area contributed by atoms with E-state index in [9.17, 15) is 13.2 Å². The summed E-state index contributed by atoms with van der Waals surface area (Å²) in [6.07, 6.45) is -5.28. The number of hydrogen-bond donors (Lipinski definition) is 2. The average Bonchev–Trinajstić information content (AvgIpc) is 2.48. The maximum absolute atomic E-state index is 12.1. The topological polar surface area (TPSA) is 68.8 Å². The van der Waals surface area contributed by atoms with Crippen molar-refractivity contribution in [1.29, 1.82) is 0 Å². The predicted molar refractivity (Wildman–Crippen MR) is 54.1 cm³/mol. The van der Waals surface area contributed by atoms with Crippen LogP contribution in [0.5, 0.6) is 0 Å². The number of rotatable bonds is 4. The molecule has 0 aliphatic heterocycles. The first kappa shape index (κ1) is 13.4. The highest BCUT2D eigenvalue weighted by molar-refractivity contribution is 9.10. The molecule has 0 amide bonds. The van der Waals surface area contributed by atoms with E-state index in [4.69, 9.17) is 5.84 Å². The first-order chi connectivity index (χ1) is 7.35. The normalized spacial score (nSPS) is 14.1. The van der Waals surface area contributed by atoms with E-state index in [1.54, 1.807) is 7.05 Å². The summed E-state index contributed by atoms with van der Waals surface area (Å²) in [4.78, 5) is 0. The van der Waals surface area contributed by atoms with E-state index >= 15 is 0 Å². The van der Waals surface area contributed by atoms with E-state index in [1.165, 1.54) is 4.68 Å². The lowest BCUT2D eigenvalue weighted by molar-refractivity contribution is -0.136. The zero-order valence-corrected chi connectivity index (χ0v) is 10.0. The van der Waals surface area contributed by atoms with Crippen LogP contribution in [0.4, 0.5) is 13.2 Å². The van der Waals surface area contributed by atoms with Crippen LogP contribution < -0.4 is 11.3 Å². The van der Waals surface area contributed by atoms with Crippen molar-refractivity contribution in [2.24, 2.45) is 12.9 Å². The van der Waals surface area contributed by atoms with Crippen molar-refractivity contribution < 1.29 is 13.2 Å². The van der Waals surface area contributed by atoms with Crippen LogP contribution in [-0.2, 0) is 7.05 Å². The van der Waals surface area contributed by atoms with Gasteiger partial charge in [-0.05, 0) is 22.4 Å². The molecular formula is C7H11BrF3N5. The molecule has 1 rings (SSSR count). The first-order valence-corrected chi connectivity index (χ1v) is 5.22. The Labute approximate surface area is 98.3 Å². The molecule has 0 fully saturated rings. The Kier molecular flexibility index (Phi) is 4.28. The van der Waals surface area contributed by atoms with Gasteiger partial charge in [0.25, 0.3) is 0 Å². The average molecular weight is 302 g/mol. The van der Waals surface area contributed by atoms with Gasteiger partial charge in [-0.15, -0.1) is 5.10 Å². The summed E-state index contributed by atoms with van der Waals surface area (Å²) in [5, 5.41) is 7.35. The number of hydrazine groups is 1. The number of hydrogen-bond acceptors (Lipinski definition) is 4. The Bertz CT molecular complexity index is 331. The number of nitrogens with two attached hydrogens (primary N) is 1. The minimum Gasteiger partial charge on any atom is -0.271 e. The van der Waals surface area contributed by atoms with Gasteiger partial charge in [0.05, 0.1) is 11.7 Å². The third kappa shape index (κ3) is 3.42. The van der Waals surface area contributed by atoms with Crippen LogP contribution in [0.25, 0.3) is 0 Å². The second-order valence-corrected chi connectivity index (χ2v) is 4.01. The number of alkyl halides is 3. The van der Waals surface area contributed by atoms with Crippen LogP contribution in [0.1, 0.15) is 24.6 Å². The minimum atomic E-state index is -4.20. The first-order valence-electron chi connectivity index (χ1n) is 4.43. The molecule has 0 aliphatic carbocycles. The summed E-state index contributed by atoms with van der Waals surface area (Å²) in [6, 6.07) is -0.643. The molecule has 1 heterocycles. The zero-order valence-electron chi connectivity index (χ0n) is 8.42. The van der Waals surface area contributed by atoms with E-state index in [0.29, 0.717) is 10.3 Å². The second kappa shape index (κ2) is 5.11. The van der Waals surface area contributed by atoms with Crippen molar-refractivity contribution in [2.75, 3.05) is 0 Å². The van der Waals surface area contributed by atoms with Crippen LogP contribution in [0, 0.1) is 0 Å². The van der Waals surface area contributed by atoms with E-state index in [-0.39, 0.29) is 6.42 Å². The molecule has 0 radical (unpaired) electrons. The van der Waals surface area contributed by atoms with Gasteiger partial charge < -0.3 is 0 Å². The van der Waals surface area contributed by atoms with Gasteiger partial charge in [-0.1, -0.05) is 5.21 Å². The van der Waals surface area contributed by atoms with E-state index in [2.05, 4.69) is 31.7 Å². The highest BCUT2D eigenvalue weighted by atomic mass is 79.9. The Morgan fingerprint density at radius 2 is 2.19 bits per heavy atom. The SMILES string of the molecule is Cn1nnc(Br)c1C(CCC(F)(F)F)NN. The van der Waals surface area contributed by atoms with Crippen LogP contribution in [0.3, 0.4) is 0 Å². The van der Waals surface area contributed by atoms with Crippen LogP contribution in [0.15, 0.2) is 4.60 Å². The van der Waals surface area contributed by atoms with Crippen LogP contribution >= 0.6 is 15.9 Å². The lowest BCUT2D eigenvalue weighted by Crippen LogP contribution is -2.31. The molecule has 0 saturated heterocycles. The van der Waals surface area contributed by atoms with E-state index in [1.807, 2.05) is 0 Å². The smallest absolute Gasteiger partial charge is 0.271 e. The maximum atomic E-state index is 12.1. The molecule has 5 nitrogen and oxygen atoms in total. The number of aryl methyl sites for hydroxylation is 1. The Hall–Kier alpha value is -0.670. The van der Waals surface area contributed by atoms with Crippen molar-refractivity contribution >= 4 is 15.9 Å². The van der Waals surface area contributed by atoms with Gasteiger partial charge in [-0.25, -0.2) is 4.68 Å². The monoisotopic (exact) mass is 301 g/mol. The molecular weight excluding hydrogens is 291 g/mol. The lowest BCUT2D eigenvalue weighted by Gasteiger charge is -2.16. The van der Waals surface area contributed by atoms with E-state index < -0.39 is 18.6 Å². The molecule has 1 unspecified atom stereocenters. The van der Waals surface area contributed by atoms with Gasteiger partial charge in [0, 0.05) is 13.5 Å². The van der Waals surface area contributed by atoms with Gasteiger partial charge in [-0.3, -0.25) is 11.3 Å². The molecule has 92 valence electrons. The van der Waals surface area contributed by atoms with Crippen molar-refractivity contribution in [3.8, 4) is 0 Å². The largest absolute Gasteiger partial charge is 0.389 e. The molecule has 0 saturated carbocycles. The fourth-order valence-electron chi connectivity index (χ4n) is 1.32. The third-order valence-corrected chi connectivity index (χ3v) is 2.64. The van der Waals surface area contributed by atoms with Crippen molar-refractivity contribution in [2.45, 2.75) is 25.1 Å². The lowest BCUT2D eigenvalue weighted by atomic mass is 10.1. The standard InChI is InChI=1S/C7H11BrF3N5/c1-16-5(6(8)14-15-16)4(13-12)2-3-7(9,10)11/h4,13H,2-3,12H2,1H3. The summed E-state index contributed by atoms with van der Waals surface area (Å²) in [6.45, 7) is 0.